The van der Waals surface area contributed by atoms with E-state index < -0.39 is 23.1 Å². The molecule has 0 atom stereocenters. The number of halogens is 5. The van der Waals surface area contributed by atoms with Crippen LogP contribution in [0.1, 0.15) is 24.8 Å². The molecule has 2 fully saturated rings. The van der Waals surface area contributed by atoms with Crippen molar-refractivity contribution in [3.8, 4) is 0 Å². The van der Waals surface area contributed by atoms with Gasteiger partial charge in [0.25, 0.3) is 5.92 Å². The maximum absolute atomic E-state index is 13.3. The summed E-state index contributed by atoms with van der Waals surface area (Å²) in [6.45, 7) is 0.380. The summed E-state index contributed by atoms with van der Waals surface area (Å²) in [5, 5.41) is 0. The van der Waals surface area contributed by atoms with E-state index in [4.69, 9.17) is 0 Å². The van der Waals surface area contributed by atoms with Gasteiger partial charge in [0.2, 0.25) is 0 Å². The average Bonchev–Trinajstić information content (AvgIpc) is 2.90. The zero-order valence-corrected chi connectivity index (χ0v) is 10.6. The molecule has 0 aromatic carbocycles. The Morgan fingerprint density at radius 2 is 1.75 bits per heavy atom. The van der Waals surface area contributed by atoms with Crippen LogP contribution < -0.4 is 4.90 Å². The van der Waals surface area contributed by atoms with Crippen molar-refractivity contribution in [3.63, 3.8) is 0 Å². The van der Waals surface area contributed by atoms with Crippen molar-refractivity contribution in [2.45, 2.75) is 31.4 Å². The average molecular weight is 292 g/mol. The SMILES string of the molecule is FC(F)(F)c1cccnc1N1CCC2(CC1)CC2(F)F. The van der Waals surface area contributed by atoms with Gasteiger partial charge in [0.15, 0.2) is 0 Å². The van der Waals surface area contributed by atoms with Crippen LogP contribution in [-0.2, 0) is 6.18 Å². The summed E-state index contributed by atoms with van der Waals surface area (Å²) in [5.41, 5.74) is -1.78. The molecule has 1 aliphatic heterocycles. The molecule has 3 rings (SSSR count). The van der Waals surface area contributed by atoms with Crippen LogP contribution >= 0.6 is 0 Å². The standard InChI is InChI=1S/C13H13F5N2/c14-12(15)8-11(12)3-6-20(7-4-11)10-9(13(16,17)18)2-1-5-19-10/h1-2,5H,3-4,6-8H2. The molecule has 0 amide bonds. The van der Waals surface area contributed by atoms with Crippen LogP contribution in [0.3, 0.4) is 0 Å². The fourth-order valence-electron chi connectivity index (χ4n) is 2.94. The Labute approximate surface area is 112 Å². The molecule has 0 unspecified atom stereocenters. The Bertz CT molecular complexity index is 518. The minimum absolute atomic E-state index is 0.137. The van der Waals surface area contributed by atoms with Gasteiger partial charge in [-0.3, -0.25) is 0 Å². The van der Waals surface area contributed by atoms with E-state index in [0.717, 1.165) is 6.07 Å². The molecule has 1 aromatic heterocycles. The van der Waals surface area contributed by atoms with Crippen molar-refractivity contribution in [1.82, 2.24) is 4.98 Å². The second-order valence-corrected chi connectivity index (χ2v) is 5.52. The van der Waals surface area contributed by atoms with E-state index in [1.165, 1.54) is 17.2 Å². The number of hydrogen-bond acceptors (Lipinski definition) is 2. The fourth-order valence-corrected chi connectivity index (χ4v) is 2.94. The quantitative estimate of drug-likeness (QED) is 0.733. The first kappa shape index (κ1) is 13.6. The minimum atomic E-state index is -4.48. The summed E-state index contributed by atoms with van der Waals surface area (Å²) in [5.74, 6) is -2.80. The van der Waals surface area contributed by atoms with Crippen molar-refractivity contribution in [3.05, 3.63) is 23.9 Å². The number of pyridine rings is 1. The van der Waals surface area contributed by atoms with Crippen LogP contribution in [0.5, 0.6) is 0 Å². The summed E-state index contributed by atoms with van der Waals surface area (Å²) in [7, 11) is 0. The zero-order valence-electron chi connectivity index (χ0n) is 10.6. The number of anilines is 1. The molecule has 20 heavy (non-hydrogen) atoms. The van der Waals surface area contributed by atoms with Gasteiger partial charge in [-0.15, -0.1) is 0 Å². The summed E-state index contributed by atoms with van der Waals surface area (Å²) < 4.78 is 65.2. The van der Waals surface area contributed by atoms with E-state index in [2.05, 4.69) is 4.98 Å². The van der Waals surface area contributed by atoms with Gasteiger partial charge < -0.3 is 4.90 Å². The first-order valence-corrected chi connectivity index (χ1v) is 6.40. The fraction of sp³-hybridized carbons (Fsp3) is 0.615. The van der Waals surface area contributed by atoms with E-state index in [1.807, 2.05) is 0 Å². The summed E-state index contributed by atoms with van der Waals surface area (Å²) in [4.78, 5) is 5.25. The molecule has 110 valence electrons. The van der Waals surface area contributed by atoms with Crippen molar-refractivity contribution < 1.29 is 22.0 Å². The van der Waals surface area contributed by atoms with E-state index in [0.29, 0.717) is 0 Å². The molecule has 1 saturated heterocycles. The summed E-state index contributed by atoms with van der Waals surface area (Å²) >= 11 is 0. The highest BCUT2D eigenvalue weighted by molar-refractivity contribution is 5.49. The summed E-state index contributed by atoms with van der Waals surface area (Å²) in [6.07, 6.45) is -2.90. The van der Waals surface area contributed by atoms with E-state index in [1.54, 1.807) is 0 Å². The third kappa shape index (κ3) is 2.03. The van der Waals surface area contributed by atoms with Crippen LogP contribution in [0.25, 0.3) is 0 Å². The van der Waals surface area contributed by atoms with Gasteiger partial charge in [-0.2, -0.15) is 13.2 Å². The zero-order chi connectivity index (χ0) is 14.6. The van der Waals surface area contributed by atoms with E-state index in [-0.39, 0.29) is 38.2 Å². The Kier molecular flexibility index (Phi) is 2.75. The van der Waals surface area contributed by atoms with Crippen LogP contribution in [0, 0.1) is 5.41 Å². The monoisotopic (exact) mass is 292 g/mol. The molecule has 2 heterocycles. The largest absolute Gasteiger partial charge is 0.419 e. The molecule has 0 N–H and O–H groups in total. The van der Waals surface area contributed by atoms with Gasteiger partial charge in [0.1, 0.15) is 5.82 Å². The van der Waals surface area contributed by atoms with E-state index in [9.17, 15) is 22.0 Å². The predicted octanol–water partition coefficient (Wildman–Crippen LogP) is 3.73. The highest BCUT2D eigenvalue weighted by atomic mass is 19.4. The molecule has 7 heteroatoms. The maximum Gasteiger partial charge on any atom is 0.419 e. The molecule has 1 aromatic rings. The molecule has 1 saturated carbocycles. The maximum atomic E-state index is 13.3. The molecule has 0 radical (unpaired) electrons. The van der Waals surface area contributed by atoms with Gasteiger partial charge in [0, 0.05) is 31.1 Å². The minimum Gasteiger partial charge on any atom is -0.356 e. The third-order valence-electron chi connectivity index (χ3n) is 4.32. The molecule has 1 spiro atoms. The van der Waals surface area contributed by atoms with Crippen LogP contribution in [-0.4, -0.2) is 24.0 Å². The Morgan fingerprint density at radius 3 is 2.25 bits per heavy atom. The Hall–Kier alpha value is -1.40. The highest BCUT2D eigenvalue weighted by Crippen LogP contribution is 2.66. The lowest BCUT2D eigenvalue weighted by Gasteiger charge is -2.34. The van der Waals surface area contributed by atoms with Crippen LogP contribution in [0.4, 0.5) is 27.8 Å². The van der Waals surface area contributed by atoms with Crippen molar-refractivity contribution in [1.29, 1.82) is 0 Å². The molecule has 2 aliphatic rings. The number of rotatable bonds is 1. The van der Waals surface area contributed by atoms with Gasteiger partial charge in [0.05, 0.1) is 5.56 Å². The topological polar surface area (TPSA) is 16.1 Å². The molecule has 1 aliphatic carbocycles. The van der Waals surface area contributed by atoms with Crippen LogP contribution in [0.15, 0.2) is 18.3 Å². The predicted molar refractivity (Wildman–Crippen MR) is 62.7 cm³/mol. The normalized spacial score (nSPS) is 23.9. The van der Waals surface area contributed by atoms with Gasteiger partial charge in [-0.1, -0.05) is 0 Å². The van der Waals surface area contributed by atoms with Gasteiger partial charge in [-0.05, 0) is 25.0 Å². The smallest absolute Gasteiger partial charge is 0.356 e. The summed E-state index contributed by atoms with van der Waals surface area (Å²) in [6, 6.07) is 2.20. The number of piperidine rings is 1. The van der Waals surface area contributed by atoms with Gasteiger partial charge >= 0.3 is 6.18 Å². The lowest BCUT2D eigenvalue weighted by molar-refractivity contribution is -0.137. The van der Waals surface area contributed by atoms with Crippen LogP contribution in [0.2, 0.25) is 0 Å². The van der Waals surface area contributed by atoms with Crippen molar-refractivity contribution in [2.24, 2.45) is 5.41 Å². The van der Waals surface area contributed by atoms with E-state index >= 15 is 0 Å². The number of aromatic nitrogens is 1. The number of nitrogens with zero attached hydrogens (tertiary/aromatic N) is 2. The van der Waals surface area contributed by atoms with Crippen molar-refractivity contribution >= 4 is 5.82 Å². The lowest BCUT2D eigenvalue weighted by atomic mass is 9.92. The van der Waals surface area contributed by atoms with Crippen molar-refractivity contribution in [2.75, 3.05) is 18.0 Å². The Morgan fingerprint density at radius 1 is 1.15 bits per heavy atom. The highest BCUT2D eigenvalue weighted by Gasteiger charge is 2.70. The first-order chi connectivity index (χ1) is 9.25. The lowest BCUT2D eigenvalue weighted by Crippen LogP contribution is -2.38. The number of hydrogen-bond donors (Lipinski definition) is 0. The molecule has 2 nitrogen and oxygen atoms in total. The molecular formula is C13H13F5N2. The molecule has 0 bridgehead atoms. The third-order valence-corrected chi connectivity index (χ3v) is 4.32. The second kappa shape index (κ2) is 4.05. The Balaban J connectivity index is 1.79. The second-order valence-electron chi connectivity index (χ2n) is 5.52. The molecular weight excluding hydrogens is 279 g/mol. The van der Waals surface area contributed by atoms with Gasteiger partial charge in [-0.25, -0.2) is 13.8 Å². The first-order valence-electron chi connectivity index (χ1n) is 6.40. The number of alkyl halides is 5.